The van der Waals surface area contributed by atoms with Crippen molar-refractivity contribution in [2.75, 3.05) is 11.9 Å². The summed E-state index contributed by atoms with van der Waals surface area (Å²) in [5, 5.41) is 10.1. The summed E-state index contributed by atoms with van der Waals surface area (Å²) in [4.78, 5) is 6.23. The molecule has 0 atom stereocenters. The second-order valence-corrected chi connectivity index (χ2v) is 4.14. The number of hydrogen-bond donors (Lipinski definition) is 1. The number of anilines is 1. The molecule has 2 aromatic heterocycles. The van der Waals surface area contributed by atoms with Gasteiger partial charge < -0.3 is 10.6 Å². The Labute approximate surface area is 98.0 Å². The van der Waals surface area contributed by atoms with E-state index in [1.165, 1.54) is 0 Å². The molecule has 84 valence electrons. The van der Waals surface area contributed by atoms with E-state index in [0.29, 0.717) is 6.54 Å². The molecule has 0 amide bonds. The third-order valence-electron chi connectivity index (χ3n) is 2.19. The van der Waals surface area contributed by atoms with Crippen LogP contribution in [0.25, 0.3) is 0 Å². The van der Waals surface area contributed by atoms with Crippen LogP contribution in [-0.4, -0.2) is 22.2 Å². The zero-order valence-corrected chi connectivity index (χ0v) is 9.81. The van der Waals surface area contributed by atoms with Crippen LogP contribution in [0.4, 0.5) is 5.82 Å². The number of hydrogen-bond acceptors (Lipinski definition) is 6. The van der Waals surface area contributed by atoms with E-state index in [9.17, 15) is 0 Å². The van der Waals surface area contributed by atoms with Crippen molar-refractivity contribution in [2.24, 2.45) is 5.73 Å². The quantitative estimate of drug-likeness (QED) is 0.857. The molecular formula is C10H13N5S. The molecule has 2 N–H and O–H groups in total. The number of rotatable bonds is 4. The van der Waals surface area contributed by atoms with Gasteiger partial charge in [-0.25, -0.2) is 4.98 Å². The molecule has 0 radical (unpaired) electrons. The van der Waals surface area contributed by atoms with Crippen LogP contribution in [0.3, 0.4) is 0 Å². The number of nitrogens with two attached hydrogens (primary N) is 1. The summed E-state index contributed by atoms with van der Waals surface area (Å²) in [6, 6.07) is 3.81. The van der Waals surface area contributed by atoms with Gasteiger partial charge in [0, 0.05) is 19.0 Å². The van der Waals surface area contributed by atoms with E-state index >= 15 is 0 Å². The molecule has 2 heterocycles. The fraction of sp³-hybridized carbons (Fsp3) is 0.300. The van der Waals surface area contributed by atoms with Gasteiger partial charge in [0.1, 0.15) is 0 Å². The molecule has 0 saturated heterocycles. The summed E-state index contributed by atoms with van der Waals surface area (Å²) in [7, 11) is 1.96. The molecule has 0 aliphatic rings. The van der Waals surface area contributed by atoms with Gasteiger partial charge in [-0.2, -0.15) is 5.10 Å². The van der Waals surface area contributed by atoms with E-state index in [-0.39, 0.29) is 0 Å². The highest BCUT2D eigenvalue weighted by molar-refractivity contribution is 7.07. The molecule has 0 fully saturated rings. The highest BCUT2D eigenvalue weighted by Gasteiger charge is 2.05. The van der Waals surface area contributed by atoms with Crippen LogP contribution in [0.5, 0.6) is 0 Å². The average Bonchev–Trinajstić information content (AvgIpc) is 2.82. The Kier molecular flexibility index (Phi) is 3.43. The van der Waals surface area contributed by atoms with E-state index in [1.54, 1.807) is 11.3 Å². The Morgan fingerprint density at radius 3 is 2.75 bits per heavy atom. The van der Waals surface area contributed by atoms with Crippen molar-refractivity contribution >= 4 is 17.2 Å². The summed E-state index contributed by atoms with van der Waals surface area (Å²) in [5.74, 6) is 0.824. The lowest BCUT2D eigenvalue weighted by Gasteiger charge is -2.15. The van der Waals surface area contributed by atoms with Crippen molar-refractivity contribution in [3.05, 3.63) is 34.4 Å². The normalized spacial score (nSPS) is 10.4. The van der Waals surface area contributed by atoms with Gasteiger partial charge in [-0.1, -0.05) is 0 Å². The maximum atomic E-state index is 5.46. The van der Waals surface area contributed by atoms with Gasteiger partial charge in [-0.15, -0.1) is 16.4 Å². The second-order valence-electron chi connectivity index (χ2n) is 3.42. The van der Waals surface area contributed by atoms with Crippen LogP contribution in [0.15, 0.2) is 23.0 Å². The first-order chi connectivity index (χ1) is 7.79. The molecule has 0 aromatic carbocycles. The third-order valence-corrected chi connectivity index (χ3v) is 2.82. The monoisotopic (exact) mass is 235 g/mol. The predicted octanol–water partition coefficient (Wildman–Crippen LogP) is 1.03. The van der Waals surface area contributed by atoms with Crippen LogP contribution in [0.1, 0.15) is 11.4 Å². The fourth-order valence-corrected chi connectivity index (χ4v) is 1.85. The predicted molar refractivity (Wildman–Crippen MR) is 64.1 cm³/mol. The lowest BCUT2D eigenvalue weighted by molar-refractivity contribution is 0.826. The van der Waals surface area contributed by atoms with E-state index in [2.05, 4.69) is 15.2 Å². The van der Waals surface area contributed by atoms with Crippen molar-refractivity contribution in [1.82, 2.24) is 15.2 Å². The number of aromatic nitrogens is 3. The van der Waals surface area contributed by atoms with Crippen molar-refractivity contribution in [3.8, 4) is 0 Å². The minimum absolute atomic E-state index is 0.420. The molecule has 16 heavy (non-hydrogen) atoms. The molecule has 0 unspecified atom stereocenters. The Hall–Kier alpha value is -1.53. The van der Waals surface area contributed by atoms with Crippen LogP contribution < -0.4 is 10.6 Å². The van der Waals surface area contributed by atoms with Gasteiger partial charge in [0.2, 0.25) is 0 Å². The molecular weight excluding hydrogens is 222 g/mol. The maximum Gasteiger partial charge on any atom is 0.151 e. The summed E-state index contributed by atoms with van der Waals surface area (Å²) in [5.41, 5.74) is 9.12. The minimum Gasteiger partial charge on any atom is -0.352 e. The van der Waals surface area contributed by atoms with E-state index in [4.69, 9.17) is 5.73 Å². The van der Waals surface area contributed by atoms with Crippen LogP contribution in [-0.2, 0) is 13.1 Å². The average molecular weight is 235 g/mol. The Morgan fingerprint density at radius 1 is 1.31 bits per heavy atom. The molecule has 0 aliphatic heterocycles. The molecule has 0 saturated carbocycles. The third kappa shape index (κ3) is 2.53. The molecule has 5 nitrogen and oxygen atoms in total. The molecule has 2 rings (SSSR count). The van der Waals surface area contributed by atoms with Crippen molar-refractivity contribution < 1.29 is 0 Å². The molecule has 0 bridgehead atoms. The summed E-state index contributed by atoms with van der Waals surface area (Å²) < 4.78 is 0. The highest BCUT2D eigenvalue weighted by atomic mass is 32.1. The molecule has 2 aromatic rings. The molecule has 6 heteroatoms. The highest BCUT2D eigenvalue weighted by Crippen LogP contribution is 2.11. The van der Waals surface area contributed by atoms with E-state index < -0.39 is 0 Å². The van der Waals surface area contributed by atoms with Crippen LogP contribution >= 0.6 is 11.3 Å². The lowest BCUT2D eigenvalue weighted by Crippen LogP contribution is -2.18. The minimum atomic E-state index is 0.420. The van der Waals surface area contributed by atoms with E-state index in [1.807, 2.05) is 35.0 Å². The zero-order chi connectivity index (χ0) is 11.4. The zero-order valence-electron chi connectivity index (χ0n) is 9.00. The van der Waals surface area contributed by atoms with Gasteiger partial charge >= 0.3 is 0 Å². The van der Waals surface area contributed by atoms with Crippen molar-refractivity contribution in [2.45, 2.75) is 13.1 Å². The maximum absolute atomic E-state index is 5.46. The summed E-state index contributed by atoms with van der Waals surface area (Å²) in [6.07, 6.45) is 0. The first kappa shape index (κ1) is 11.0. The van der Waals surface area contributed by atoms with Gasteiger partial charge in [0.05, 0.1) is 23.4 Å². The van der Waals surface area contributed by atoms with E-state index in [0.717, 1.165) is 23.8 Å². The van der Waals surface area contributed by atoms with Gasteiger partial charge in [0.15, 0.2) is 5.82 Å². The first-order valence-electron chi connectivity index (χ1n) is 4.90. The van der Waals surface area contributed by atoms with Gasteiger partial charge in [-0.3, -0.25) is 0 Å². The number of thiazole rings is 1. The van der Waals surface area contributed by atoms with Crippen LogP contribution in [0, 0.1) is 0 Å². The largest absolute Gasteiger partial charge is 0.352 e. The number of nitrogens with zero attached hydrogens (tertiary/aromatic N) is 4. The molecule has 0 aliphatic carbocycles. The van der Waals surface area contributed by atoms with Crippen molar-refractivity contribution in [3.63, 3.8) is 0 Å². The van der Waals surface area contributed by atoms with Gasteiger partial charge in [-0.05, 0) is 12.1 Å². The van der Waals surface area contributed by atoms with Crippen LogP contribution in [0.2, 0.25) is 0 Å². The smallest absolute Gasteiger partial charge is 0.151 e. The Bertz CT molecular complexity index is 425. The topological polar surface area (TPSA) is 67.9 Å². The first-order valence-corrected chi connectivity index (χ1v) is 5.84. The summed E-state index contributed by atoms with van der Waals surface area (Å²) in [6.45, 7) is 1.16. The van der Waals surface area contributed by atoms with Gasteiger partial charge in [0.25, 0.3) is 0 Å². The lowest BCUT2D eigenvalue weighted by atomic mass is 10.3. The Morgan fingerprint density at radius 2 is 2.19 bits per heavy atom. The van der Waals surface area contributed by atoms with Crippen molar-refractivity contribution in [1.29, 1.82) is 0 Å². The standard InChI is InChI=1S/C10H13N5S/c1-15(5-9-6-16-7-12-9)10-3-2-8(4-11)13-14-10/h2-3,6-7H,4-5,11H2,1H3. The second kappa shape index (κ2) is 5.00. The molecule has 0 spiro atoms. The Balaban J connectivity index is 2.05. The fourth-order valence-electron chi connectivity index (χ4n) is 1.30. The summed E-state index contributed by atoms with van der Waals surface area (Å²) >= 11 is 1.59. The SMILES string of the molecule is CN(Cc1cscn1)c1ccc(CN)nn1.